The van der Waals surface area contributed by atoms with Gasteiger partial charge in [-0.25, -0.2) is 4.79 Å². The minimum absolute atomic E-state index is 0.0279. The van der Waals surface area contributed by atoms with Crippen molar-refractivity contribution < 1.29 is 9.59 Å². The molecule has 308 valence electrons. The first-order chi connectivity index (χ1) is 29.3. The van der Waals surface area contributed by atoms with E-state index in [4.69, 9.17) is 15.9 Å². The molecule has 4 heterocycles. The van der Waals surface area contributed by atoms with Gasteiger partial charge in [-0.15, -0.1) is 0 Å². The fourth-order valence-electron chi connectivity index (χ4n) is 9.25. The van der Waals surface area contributed by atoms with Crippen molar-refractivity contribution in [2.45, 2.75) is 31.6 Å². The van der Waals surface area contributed by atoms with Crippen LogP contribution in [0.5, 0.6) is 0 Å². The Bertz CT molecular complexity index is 2540. The molecule has 2 aromatic heterocycles. The number of rotatable bonds is 10. The summed E-state index contributed by atoms with van der Waals surface area (Å²) in [6, 6.07) is 28.0. The maximum atomic E-state index is 15.5. The predicted molar refractivity (Wildman–Crippen MR) is 244 cm³/mol. The molecule has 1 atom stereocenters. The molecular formula is C48H54N10O2. The van der Waals surface area contributed by atoms with Crippen molar-refractivity contribution in [1.82, 2.24) is 29.8 Å². The number of nitrogens with one attached hydrogen (secondary N) is 2. The van der Waals surface area contributed by atoms with Crippen molar-refractivity contribution in [3.05, 3.63) is 113 Å². The molecule has 1 unspecified atom stereocenters. The van der Waals surface area contributed by atoms with E-state index in [1.807, 2.05) is 66.8 Å². The van der Waals surface area contributed by atoms with Crippen LogP contribution in [-0.4, -0.2) is 108 Å². The summed E-state index contributed by atoms with van der Waals surface area (Å²) in [7, 11) is 4.29. The van der Waals surface area contributed by atoms with Gasteiger partial charge in [0.1, 0.15) is 0 Å². The molecule has 3 fully saturated rings. The number of nitrogens with two attached hydrogens (primary N) is 1. The third kappa shape index (κ3) is 8.17. The van der Waals surface area contributed by atoms with Crippen LogP contribution in [0, 0.1) is 5.92 Å². The molecule has 6 aromatic rings. The third-order valence-corrected chi connectivity index (χ3v) is 12.7. The average molecular weight is 803 g/mol. The van der Waals surface area contributed by atoms with Gasteiger partial charge in [0.2, 0.25) is 5.91 Å². The maximum absolute atomic E-state index is 15.5. The van der Waals surface area contributed by atoms with Crippen LogP contribution >= 0.6 is 0 Å². The molecule has 4 N–H and O–H groups in total. The lowest BCUT2D eigenvalue weighted by Gasteiger charge is -2.37. The summed E-state index contributed by atoms with van der Waals surface area (Å²) < 4.78 is 1.31. The third-order valence-electron chi connectivity index (χ3n) is 12.7. The highest BCUT2D eigenvalue weighted by Gasteiger charge is 2.37. The Morgan fingerprint density at radius 1 is 0.717 bits per heavy atom. The van der Waals surface area contributed by atoms with E-state index in [1.54, 1.807) is 0 Å². The predicted octanol–water partition coefficient (Wildman–Crippen LogP) is 7.60. The zero-order valence-corrected chi connectivity index (χ0v) is 34.6. The van der Waals surface area contributed by atoms with Crippen LogP contribution in [0.25, 0.3) is 46.1 Å². The van der Waals surface area contributed by atoms with E-state index >= 15 is 4.79 Å². The van der Waals surface area contributed by atoms with Gasteiger partial charge in [-0.05, 0) is 86.0 Å². The zero-order valence-electron chi connectivity index (χ0n) is 34.6. The minimum Gasteiger partial charge on any atom is -0.369 e. The Morgan fingerprint density at radius 3 is 1.90 bits per heavy atom. The number of aromatic nitrogens is 4. The highest BCUT2D eigenvalue weighted by molar-refractivity contribution is 6.05. The molecule has 0 spiro atoms. The lowest BCUT2D eigenvalue weighted by Crippen LogP contribution is -2.45. The van der Waals surface area contributed by atoms with Crippen molar-refractivity contribution in [2.75, 3.05) is 81.6 Å². The molecule has 2 saturated heterocycles. The van der Waals surface area contributed by atoms with Gasteiger partial charge in [-0.2, -0.15) is 14.9 Å². The summed E-state index contributed by atoms with van der Waals surface area (Å²) in [5.74, 6) is -0.343. The number of likely N-dealkylation sites (N-methyl/N-ethyl adjacent to an activating group) is 2. The molecule has 2 aliphatic heterocycles. The van der Waals surface area contributed by atoms with Crippen LogP contribution in [0.15, 0.2) is 84.9 Å². The number of piperazine rings is 2. The lowest BCUT2D eigenvalue weighted by molar-refractivity contribution is -0.118. The Kier molecular flexibility index (Phi) is 11.2. The van der Waals surface area contributed by atoms with E-state index < -0.39 is 11.9 Å². The first-order valence-corrected chi connectivity index (χ1v) is 21.3. The topological polar surface area (TPSA) is 132 Å². The van der Waals surface area contributed by atoms with Gasteiger partial charge in [0, 0.05) is 68.8 Å². The highest BCUT2D eigenvalue weighted by atomic mass is 16.2. The fourth-order valence-corrected chi connectivity index (χ4v) is 9.25. The van der Waals surface area contributed by atoms with E-state index in [0.29, 0.717) is 11.2 Å². The number of primary amides is 1. The molecular weight excluding hydrogens is 749 g/mol. The molecule has 4 aromatic carbocycles. The number of aromatic amines is 1. The molecule has 2 amide bonds. The second kappa shape index (κ2) is 17.2. The monoisotopic (exact) mass is 802 g/mol. The zero-order chi connectivity index (χ0) is 41.2. The number of benzene rings is 4. The minimum atomic E-state index is -0.648. The normalized spacial score (nSPS) is 17.8. The summed E-state index contributed by atoms with van der Waals surface area (Å²) >= 11 is 0. The molecule has 0 radical (unpaired) electrons. The van der Waals surface area contributed by atoms with Crippen LogP contribution in [0.3, 0.4) is 0 Å². The smallest absolute Gasteiger partial charge is 0.340 e. The first-order valence-electron chi connectivity index (χ1n) is 21.3. The second-order valence-electron chi connectivity index (χ2n) is 16.7. The summed E-state index contributed by atoms with van der Waals surface area (Å²) in [4.78, 5) is 37.9. The number of hydrogen-bond donors (Lipinski definition) is 3. The van der Waals surface area contributed by atoms with E-state index in [0.717, 1.165) is 134 Å². The van der Waals surface area contributed by atoms with Gasteiger partial charge in [-0.1, -0.05) is 85.7 Å². The van der Waals surface area contributed by atoms with E-state index in [9.17, 15) is 4.79 Å². The van der Waals surface area contributed by atoms with Crippen molar-refractivity contribution in [3.63, 3.8) is 0 Å². The van der Waals surface area contributed by atoms with Crippen molar-refractivity contribution in [2.24, 2.45) is 11.7 Å². The van der Waals surface area contributed by atoms with Gasteiger partial charge in [-0.3, -0.25) is 9.89 Å². The number of anilines is 3. The number of carbonyl (C=O) groups excluding carboxylic acids is 2. The van der Waals surface area contributed by atoms with Gasteiger partial charge in [0.05, 0.1) is 39.7 Å². The number of H-pyrrole nitrogens is 1. The summed E-state index contributed by atoms with van der Waals surface area (Å²) in [5, 5.41) is 18.0. The van der Waals surface area contributed by atoms with Crippen LogP contribution in [-0.2, 0) is 4.79 Å². The Hall–Kier alpha value is -6.24. The van der Waals surface area contributed by atoms with E-state index in [-0.39, 0.29) is 11.8 Å². The molecule has 12 nitrogen and oxygen atoms in total. The first kappa shape index (κ1) is 39.2. The van der Waals surface area contributed by atoms with Crippen molar-refractivity contribution in [3.8, 4) is 0 Å². The largest absolute Gasteiger partial charge is 0.369 e. The van der Waals surface area contributed by atoms with Gasteiger partial charge in [0.25, 0.3) is 0 Å². The number of carbonyl (C=O) groups is 2. The molecule has 0 bridgehead atoms. The Balaban J connectivity index is 1.17. The van der Waals surface area contributed by atoms with Crippen LogP contribution < -0.4 is 20.9 Å². The van der Waals surface area contributed by atoms with Crippen LogP contribution in [0.2, 0.25) is 0 Å². The van der Waals surface area contributed by atoms with Crippen molar-refractivity contribution >= 4 is 75.1 Å². The fraction of sp³-hybridized carbons (Fsp3) is 0.333. The second-order valence-corrected chi connectivity index (χ2v) is 16.7. The summed E-state index contributed by atoms with van der Waals surface area (Å²) in [6.07, 6.45) is 12.1. The number of nitrogens with zero attached hydrogens (tertiary/aromatic N) is 7. The number of fused-ring (bicyclic) bond motifs is 2. The van der Waals surface area contributed by atoms with Crippen LogP contribution in [0.4, 0.5) is 21.9 Å². The average Bonchev–Trinajstić information content (AvgIpc) is 4.03. The van der Waals surface area contributed by atoms with Gasteiger partial charge in [0.15, 0.2) is 0 Å². The van der Waals surface area contributed by atoms with E-state index in [1.165, 1.54) is 4.68 Å². The molecule has 1 saturated carbocycles. The Labute approximate surface area is 351 Å². The SMILES string of the molecule is CN1CCN(c2cc3[nH]nc(C=Cc4ccccc4)c3cc2NC(=O)C(c2cc3c(C=Cc4ccccc4)nn(C(N)=O)c3cc2N2CCN(C)CC2)C2CCCC2)CC1. The van der Waals surface area contributed by atoms with Crippen molar-refractivity contribution in [1.29, 1.82) is 0 Å². The maximum Gasteiger partial charge on any atom is 0.340 e. The Morgan fingerprint density at radius 2 is 1.30 bits per heavy atom. The number of amides is 2. The molecule has 60 heavy (non-hydrogen) atoms. The summed E-state index contributed by atoms with van der Waals surface area (Å²) in [6.45, 7) is 6.92. The molecule has 1 aliphatic carbocycles. The lowest BCUT2D eigenvalue weighted by atomic mass is 9.82. The molecule has 3 aliphatic rings. The standard InChI is InChI=1S/C48H54N10O2/c1-54-21-25-56(26-22-54)43-32-44-37(40(53-58(44)48(49)60)20-18-34-13-7-4-8-14-34)29-38(43)46(35-15-9-10-16-35)47(59)50-42-30-36-39(19-17-33-11-5-3-6-12-33)51-52-41(36)31-45(42)57-27-23-55(2)24-28-57/h3-8,11-14,17-20,29-32,35,46H,9-10,15-16,21-28H2,1-2H3,(H2,49,60)(H,50,59)(H,51,52). The number of hydrogen-bond acceptors (Lipinski definition) is 8. The summed E-state index contributed by atoms with van der Waals surface area (Å²) in [5.41, 5.74) is 14.8. The van der Waals surface area contributed by atoms with E-state index in [2.05, 4.69) is 86.6 Å². The quantitative estimate of drug-likeness (QED) is 0.129. The van der Waals surface area contributed by atoms with Gasteiger partial charge < -0.3 is 30.7 Å². The van der Waals surface area contributed by atoms with Gasteiger partial charge >= 0.3 is 6.03 Å². The molecule has 9 rings (SSSR count). The van der Waals surface area contributed by atoms with Crippen LogP contribution in [0.1, 0.15) is 59.7 Å². The molecule has 12 heteroatoms. The highest BCUT2D eigenvalue weighted by Crippen LogP contribution is 2.45.